The van der Waals surface area contributed by atoms with Gasteiger partial charge in [0.15, 0.2) is 0 Å². The summed E-state index contributed by atoms with van der Waals surface area (Å²) in [7, 11) is 0. The zero-order valence-corrected chi connectivity index (χ0v) is 14.5. The van der Waals surface area contributed by atoms with Crippen LogP contribution in [0.25, 0.3) is 10.9 Å². The number of hydrogen-bond acceptors (Lipinski definition) is 4. The number of fused-ring (bicyclic) bond motifs is 1. The van der Waals surface area contributed by atoms with E-state index in [1.165, 1.54) is 32.2 Å². The number of anilines is 2. The van der Waals surface area contributed by atoms with Crippen molar-refractivity contribution in [1.82, 2.24) is 9.88 Å². The number of nitrogens with two attached hydrogens (primary N) is 1. The van der Waals surface area contributed by atoms with Gasteiger partial charge in [-0.05, 0) is 56.7 Å². The molecule has 126 valence electrons. The van der Waals surface area contributed by atoms with Gasteiger partial charge in [-0.2, -0.15) is 0 Å². The van der Waals surface area contributed by atoms with Gasteiger partial charge in [0.05, 0.1) is 11.2 Å². The van der Waals surface area contributed by atoms with E-state index in [4.69, 9.17) is 5.73 Å². The van der Waals surface area contributed by atoms with E-state index in [1.54, 1.807) is 0 Å². The monoisotopic (exact) mass is 314 g/mol. The van der Waals surface area contributed by atoms with Gasteiger partial charge in [0.2, 0.25) is 0 Å². The fraction of sp³-hybridized carbons (Fsp3) is 0.526. The van der Waals surface area contributed by atoms with Crippen LogP contribution in [0.5, 0.6) is 0 Å². The summed E-state index contributed by atoms with van der Waals surface area (Å²) in [4.78, 5) is 6.95. The van der Waals surface area contributed by atoms with Crippen LogP contribution in [0.3, 0.4) is 0 Å². The van der Waals surface area contributed by atoms with Crippen molar-refractivity contribution in [2.45, 2.75) is 39.5 Å². The fourth-order valence-corrected chi connectivity index (χ4v) is 2.91. The molecular weight excluding hydrogens is 284 g/mol. The lowest BCUT2D eigenvalue weighted by atomic mass is 10.1. The van der Waals surface area contributed by atoms with Gasteiger partial charge in [0.1, 0.15) is 0 Å². The molecule has 23 heavy (non-hydrogen) atoms. The minimum absolute atomic E-state index is 0.787. The highest BCUT2D eigenvalue weighted by Crippen LogP contribution is 2.26. The molecule has 4 heteroatoms. The summed E-state index contributed by atoms with van der Waals surface area (Å²) >= 11 is 0. The Morgan fingerprint density at radius 1 is 1.04 bits per heavy atom. The number of nitrogen functional groups attached to an aromatic ring is 1. The Labute approximate surface area is 140 Å². The maximum atomic E-state index is 6.01. The Bertz CT molecular complexity index is 593. The van der Waals surface area contributed by atoms with Crippen LogP contribution in [0, 0.1) is 0 Å². The summed E-state index contributed by atoms with van der Waals surface area (Å²) in [5.74, 6) is 0. The van der Waals surface area contributed by atoms with Gasteiger partial charge in [-0.3, -0.25) is 4.98 Å². The lowest BCUT2D eigenvalue weighted by Crippen LogP contribution is -2.23. The van der Waals surface area contributed by atoms with E-state index in [-0.39, 0.29) is 0 Å². The Hall–Kier alpha value is -1.81. The molecule has 0 fully saturated rings. The highest BCUT2D eigenvalue weighted by Gasteiger charge is 2.04. The maximum Gasteiger partial charge on any atom is 0.0953 e. The van der Waals surface area contributed by atoms with Gasteiger partial charge >= 0.3 is 0 Å². The smallest absolute Gasteiger partial charge is 0.0953 e. The summed E-state index contributed by atoms with van der Waals surface area (Å²) in [6.45, 7) is 9.01. The zero-order valence-electron chi connectivity index (χ0n) is 14.5. The molecule has 0 aliphatic rings. The van der Waals surface area contributed by atoms with Crippen LogP contribution in [-0.2, 0) is 0 Å². The fourth-order valence-electron chi connectivity index (χ4n) is 2.91. The molecular formula is C19H30N4. The van der Waals surface area contributed by atoms with Gasteiger partial charge in [-0.15, -0.1) is 0 Å². The molecule has 0 unspecified atom stereocenters. The van der Waals surface area contributed by atoms with Gasteiger partial charge in [-0.1, -0.05) is 26.7 Å². The first kappa shape index (κ1) is 17.5. The number of rotatable bonds is 10. The van der Waals surface area contributed by atoms with E-state index in [0.29, 0.717) is 0 Å². The van der Waals surface area contributed by atoms with E-state index in [1.807, 2.05) is 30.5 Å². The molecule has 3 N–H and O–H groups in total. The highest BCUT2D eigenvalue weighted by molar-refractivity contribution is 5.98. The van der Waals surface area contributed by atoms with Gasteiger partial charge in [0, 0.05) is 23.8 Å². The third kappa shape index (κ3) is 5.10. The first-order valence-electron chi connectivity index (χ1n) is 8.85. The van der Waals surface area contributed by atoms with Crippen LogP contribution in [0.4, 0.5) is 11.4 Å². The van der Waals surface area contributed by atoms with Crippen molar-refractivity contribution in [3.05, 3.63) is 30.5 Å². The van der Waals surface area contributed by atoms with E-state index in [2.05, 4.69) is 29.0 Å². The lowest BCUT2D eigenvalue weighted by molar-refractivity contribution is 0.295. The van der Waals surface area contributed by atoms with Crippen molar-refractivity contribution < 1.29 is 0 Å². The number of pyridine rings is 1. The first-order chi connectivity index (χ1) is 11.3. The maximum absolute atomic E-state index is 6.01. The molecule has 0 saturated carbocycles. The van der Waals surface area contributed by atoms with E-state index in [0.717, 1.165) is 41.9 Å². The molecule has 0 aliphatic heterocycles. The van der Waals surface area contributed by atoms with Crippen LogP contribution in [0.2, 0.25) is 0 Å². The molecule has 0 radical (unpaired) electrons. The highest BCUT2D eigenvalue weighted by atomic mass is 15.1. The Balaban J connectivity index is 1.72. The normalized spacial score (nSPS) is 11.3. The van der Waals surface area contributed by atoms with Crippen LogP contribution >= 0.6 is 0 Å². The number of aromatic nitrogens is 1. The zero-order chi connectivity index (χ0) is 16.5. The summed E-state index contributed by atoms with van der Waals surface area (Å²) in [6, 6.07) is 7.94. The molecule has 0 atom stereocenters. The van der Waals surface area contributed by atoms with Crippen molar-refractivity contribution in [2.24, 2.45) is 0 Å². The first-order valence-corrected chi connectivity index (χ1v) is 8.85. The number of benzene rings is 1. The molecule has 1 aromatic carbocycles. The molecule has 0 saturated heterocycles. The number of unbranched alkanes of at least 4 members (excludes halogenated alkanes) is 3. The second-order valence-corrected chi connectivity index (χ2v) is 5.97. The van der Waals surface area contributed by atoms with E-state index < -0.39 is 0 Å². The van der Waals surface area contributed by atoms with E-state index >= 15 is 0 Å². The second kappa shape index (κ2) is 9.36. The summed E-state index contributed by atoms with van der Waals surface area (Å²) in [6.07, 6.45) is 6.89. The SMILES string of the molecule is CCN(CC)CCCCCCNc1ccc(N)c2cccnc12. The molecule has 0 amide bonds. The number of hydrogen-bond donors (Lipinski definition) is 2. The molecule has 1 heterocycles. The largest absolute Gasteiger partial charge is 0.398 e. The average Bonchev–Trinajstić information content (AvgIpc) is 2.59. The molecule has 1 aromatic heterocycles. The summed E-state index contributed by atoms with van der Waals surface area (Å²) in [5.41, 5.74) is 8.85. The molecule has 2 rings (SSSR count). The average molecular weight is 314 g/mol. The third-order valence-corrected chi connectivity index (χ3v) is 4.41. The Kier molecular flexibility index (Phi) is 7.14. The van der Waals surface area contributed by atoms with Crippen LogP contribution < -0.4 is 11.1 Å². The van der Waals surface area contributed by atoms with Crippen LogP contribution in [0.1, 0.15) is 39.5 Å². The van der Waals surface area contributed by atoms with Crippen molar-refractivity contribution in [1.29, 1.82) is 0 Å². The lowest BCUT2D eigenvalue weighted by Gasteiger charge is -2.17. The van der Waals surface area contributed by atoms with Gasteiger partial charge in [0.25, 0.3) is 0 Å². The van der Waals surface area contributed by atoms with Crippen molar-refractivity contribution in [2.75, 3.05) is 37.2 Å². The van der Waals surface area contributed by atoms with Gasteiger partial charge < -0.3 is 16.0 Å². The molecule has 0 aliphatic carbocycles. The Morgan fingerprint density at radius 3 is 2.61 bits per heavy atom. The summed E-state index contributed by atoms with van der Waals surface area (Å²) < 4.78 is 0. The molecule has 0 spiro atoms. The number of nitrogens with one attached hydrogen (secondary N) is 1. The van der Waals surface area contributed by atoms with E-state index in [9.17, 15) is 0 Å². The summed E-state index contributed by atoms with van der Waals surface area (Å²) in [5, 5.41) is 4.53. The van der Waals surface area contributed by atoms with Crippen LogP contribution in [0.15, 0.2) is 30.5 Å². The predicted octanol–water partition coefficient (Wildman–Crippen LogP) is 4.13. The van der Waals surface area contributed by atoms with Crippen LogP contribution in [-0.4, -0.2) is 36.1 Å². The minimum Gasteiger partial charge on any atom is -0.398 e. The van der Waals surface area contributed by atoms with Crippen molar-refractivity contribution >= 4 is 22.3 Å². The Morgan fingerprint density at radius 2 is 1.83 bits per heavy atom. The molecule has 2 aromatic rings. The topological polar surface area (TPSA) is 54.2 Å². The molecule has 4 nitrogen and oxygen atoms in total. The predicted molar refractivity (Wildman–Crippen MR) is 101 cm³/mol. The quantitative estimate of drug-likeness (QED) is 0.511. The van der Waals surface area contributed by atoms with Crippen molar-refractivity contribution in [3.8, 4) is 0 Å². The number of nitrogens with zero attached hydrogens (tertiary/aromatic N) is 2. The minimum atomic E-state index is 0.787. The second-order valence-electron chi connectivity index (χ2n) is 5.97. The van der Waals surface area contributed by atoms with Crippen molar-refractivity contribution in [3.63, 3.8) is 0 Å². The van der Waals surface area contributed by atoms with Gasteiger partial charge in [-0.25, -0.2) is 0 Å². The molecule has 0 bridgehead atoms. The standard InChI is InChI=1S/C19H30N4/c1-3-23(4-2)15-8-6-5-7-13-21-18-12-11-17(20)16-10-9-14-22-19(16)18/h9-12,14,21H,3-8,13,15,20H2,1-2H3. The third-order valence-electron chi connectivity index (χ3n) is 4.41.